The molecule has 9 heteroatoms. The highest BCUT2D eigenvalue weighted by Gasteiger charge is 2.25. The van der Waals surface area contributed by atoms with Crippen molar-refractivity contribution in [3.63, 3.8) is 0 Å². The van der Waals surface area contributed by atoms with Gasteiger partial charge in [-0.15, -0.1) is 10.2 Å². The molecule has 0 aliphatic carbocycles. The van der Waals surface area contributed by atoms with Gasteiger partial charge in [0.05, 0.1) is 19.9 Å². The van der Waals surface area contributed by atoms with E-state index in [9.17, 15) is 4.79 Å². The number of aromatic nitrogens is 2. The largest absolute Gasteiger partial charge is 0.497 e. The molecule has 34 heavy (non-hydrogen) atoms. The van der Waals surface area contributed by atoms with Crippen molar-refractivity contribution in [3.8, 4) is 11.5 Å². The number of anilines is 3. The molecule has 0 fully saturated rings. The van der Waals surface area contributed by atoms with Gasteiger partial charge in [-0.1, -0.05) is 59.5 Å². The molecule has 0 saturated carbocycles. The Morgan fingerprint density at radius 3 is 2.44 bits per heavy atom. The maximum atomic E-state index is 13.4. The first-order valence-electron chi connectivity index (χ1n) is 10.5. The third-order valence-corrected chi connectivity index (χ3v) is 7.10. The van der Waals surface area contributed by atoms with Gasteiger partial charge in [0.15, 0.2) is 4.34 Å². The molecule has 1 aromatic heterocycles. The average molecular weight is 493 g/mol. The Morgan fingerprint density at radius 1 is 0.971 bits per heavy atom. The van der Waals surface area contributed by atoms with E-state index in [1.54, 1.807) is 14.2 Å². The third-order valence-electron chi connectivity index (χ3n) is 4.92. The zero-order chi connectivity index (χ0) is 23.9. The van der Waals surface area contributed by atoms with Crippen LogP contribution in [0.1, 0.15) is 16.4 Å². The summed E-state index contributed by atoms with van der Waals surface area (Å²) in [5, 5.41) is 14.9. The number of benzene rings is 3. The molecule has 0 aliphatic heterocycles. The van der Waals surface area contributed by atoms with Crippen molar-refractivity contribution in [2.75, 3.05) is 24.9 Å². The lowest BCUT2D eigenvalue weighted by Crippen LogP contribution is -2.19. The van der Waals surface area contributed by atoms with Crippen LogP contribution < -0.4 is 20.1 Å². The Bertz CT molecular complexity index is 1250. The van der Waals surface area contributed by atoms with Gasteiger partial charge >= 0.3 is 0 Å². The number of carbonyl (C=O) groups excluding carboxylic acids is 1. The molecule has 0 saturated heterocycles. The van der Waals surface area contributed by atoms with E-state index in [0.29, 0.717) is 20.9 Å². The number of hydrogen-bond donors (Lipinski definition) is 2. The fourth-order valence-electron chi connectivity index (χ4n) is 3.23. The molecule has 1 heterocycles. The minimum Gasteiger partial charge on any atom is -0.497 e. The van der Waals surface area contributed by atoms with Gasteiger partial charge in [0.2, 0.25) is 11.0 Å². The van der Waals surface area contributed by atoms with Gasteiger partial charge in [-0.3, -0.25) is 4.79 Å². The van der Waals surface area contributed by atoms with E-state index in [4.69, 9.17) is 9.47 Å². The second kappa shape index (κ2) is 11.0. The summed E-state index contributed by atoms with van der Waals surface area (Å²) in [6, 6.07) is 22.9. The Morgan fingerprint density at radius 2 is 1.74 bits per heavy atom. The van der Waals surface area contributed by atoms with Crippen LogP contribution in [0.2, 0.25) is 0 Å². The molecule has 1 unspecified atom stereocenters. The Labute approximate surface area is 206 Å². The molecule has 4 rings (SSSR count). The maximum absolute atomic E-state index is 13.4. The molecule has 7 nitrogen and oxygen atoms in total. The van der Waals surface area contributed by atoms with E-state index in [2.05, 4.69) is 20.8 Å². The number of ether oxygens (including phenoxy) is 2. The lowest BCUT2D eigenvalue weighted by molar-refractivity contribution is -0.115. The summed E-state index contributed by atoms with van der Waals surface area (Å²) in [6.45, 7) is 1.97. The Kier molecular flexibility index (Phi) is 7.66. The number of hydrogen-bond acceptors (Lipinski definition) is 8. The highest BCUT2D eigenvalue weighted by molar-refractivity contribution is 8.02. The monoisotopic (exact) mass is 492 g/mol. The number of nitrogens with zero attached hydrogens (tertiary/aromatic N) is 2. The molecule has 0 spiro atoms. The fraction of sp³-hybridized carbons (Fsp3) is 0.160. The smallest absolute Gasteiger partial charge is 0.242 e. The van der Waals surface area contributed by atoms with Gasteiger partial charge in [0, 0.05) is 5.69 Å². The minimum atomic E-state index is -0.520. The molecule has 1 amide bonds. The number of amides is 1. The van der Waals surface area contributed by atoms with Crippen LogP contribution in [0.3, 0.4) is 0 Å². The number of rotatable bonds is 9. The van der Waals surface area contributed by atoms with Crippen LogP contribution in [-0.4, -0.2) is 30.3 Å². The van der Waals surface area contributed by atoms with Gasteiger partial charge in [-0.05, 0) is 54.4 Å². The first kappa shape index (κ1) is 23.6. The van der Waals surface area contributed by atoms with Gasteiger partial charge in [-0.25, -0.2) is 0 Å². The van der Waals surface area contributed by atoms with Crippen molar-refractivity contribution >= 4 is 45.5 Å². The molecule has 0 radical (unpaired) electrons. The van der Waals surface area contributed by atoms with E-state index < -0.39 is 5.25 Å². The predicted octanol–water partition coefficient (Wildman–Crippen LogP) is 6.08. The number of carbonyl (C=O) groups is 1. The van der Waals surface area contributed by atoms with Crippen molar-refractivity contribution < 1.29 is 14.3 Å². The van der Waals surface area contributed by atoms with Crippen LogP contribution >= 0.6 is 23.1 Å². The van der Waals surface area contributed by atoms with Crippen molar-refractivity contribution in [1.29, 1.82) is 0 Å². The molecule has 3 aromatic carbocycles. The highest BCUT2D eigenvalue weighted by Crippen LogP contribution is 2.39. The zero-order valence-corrected chi connectivity index (χ0v) is 20.6. The molecular formula is C25H24N4O3S2. The van der Waals surface area contributed by atoms with E-state index >= 15 is 0 Å². The Hall–Kier alpha value is -3.56. The van der Waals surface area contributed by atoms with Crippen molar-refractivity contribution in [2.45, 2.75) is 16.5 Å². The predicted molar refractivity (Wildman–Crippen MR) is 138 cm³/mol. The third kappa shape index (κ3) is 5.86. The standard InChI is InChI=1S/C25H24N4O3S2/c1-16-9-14-21(32-3)20(15-16)27-23(30)22(17-7-5-4-6-8-17)33-25-29-28-24(34-25)26-18-10-12-19(31-2)13-11-18/h4-15,22H,1-3H3,(H,26,28)(H,27,30). The van der Waals surface area contributed by atoms with Crippen LogP contribution in [0.5, 0.6) is 11.5 Å². The second-order valence-electron chi connectivity index (χ2n) is 7.33. The summed E-state index contributed by atoms with van der Waals surface area (Å²) in [5.74, 6) is 1.22. The molecule has 0 bridgehead atoms. The van der Waals surface area contributed by atoms with Gasteiger partial charge in [0.1, 0.15) is 16.7 Å². The van der Waals surface area contributed by atoms with Crippen LogP contribution in [0.15, 0.2) is 77.1 Å². The SMILES string of the molecule is COc1ccc(Nc2nnc(SC(C(=O)Nc3cc(C)ccc3OC)c3ccccc3)s2)cc1. The van der Waals surface area contributed by atoms with Crippen LogP contribution in [-0.2, 0) is 4.79 Å². The Balaban J connectivity index is 1.53. The number of thioether (sulfide) groups is 1. The number of aryl methyl sites for hydroxylation is 1. The lowest BCUT2D eigenvalue weighted by atomic mass is 10.1. The first-order valence-corrected chi connectivity index (χ1v) is 12.2. The quantitative estimate of drug-likeness (QED) is 0.274. The fourth-order valence-corrected chi connectivity index (χ4v) is 5.19. The number of nitrogens with one attached hydrogen (secondary N) is 2. The maximum Gasteiger partial charge on any atom is 0.242 e. The molecule has 1 atom stereocenters. The summed E-state index contributed by atoms with van der Waals surface area (Å²) in [6.07, 6.45) is 0. The van der Waals surface area contributed by atoms with Gasteiger partial charge in [-0.2, -0.15) is 0 Å². The summed E-state index contributed by atoms with van der Waals surface area (Å²) in [7, 11) is 3.22. The van der Waals surface area contributed by atoms with Gasteiger partial charge < -0.3 is 20.1 Å². The van der Waals surface area contributed by atoms with Crippen LogP contribution in [0.4, 0.5) is 16.5 Å². The zero-order valence-electron chi connectivity index (χ0n) is 18.9. The van der Waals surface area contributed by atoms with Crippen LogP contribution in [0.25, 0.3) is 0 Å². The van der Waals surface area contributed by atoms with E-state index in [-0.39, 0.29) is 5.91 Å². The summed E-state index contributed by atoms with van der Waals surface area (Å²) in [4.78, 5) is 13.4. The normalized spacial score (nSPS) is 11.5. The van der Waals surface area contributed by atoms with Crippen molar-refractivity contribution in [2.24, 2.45) is 0 Å². The molecule has 174 valence electrons. The molecule has 0 aliphatic rings. The lowest BCUT2D eigenvalue weighted by Gasteiger charge is -2.17. The van der Waals surface area contributed by atoms with E-state index in [1.807, 2.05) is 79.7 Å². The molecule has 2 N–H and O–H groups in total. The van der Waals surface area contributed by atoms with Crippen LogP contribution in [0, 0.1) is 6.92 Å². The first-order chi connectivity index (χ1) is 16.6. The average Bonchev–Trinajstić information content (AvgIpc) is 3.30. The minimum absolute atomic E-state index is 0.167. The van der Waals surface area contributed by atoms with Crippen molar-refractivity contribution in [1.82, 2.24) is 10.2 Å². The highest BCUT2D eigenvalue weighted by atomic mass is 32.2. The second-order valence-corrected chi connectivity index (χ2v) is 9.66. The molecular weight excluding hydrogens is 468 g/mol. The van der Waals surface area contributed by atoms with Crippen molar-refractivity contribution in [3.05, 3.63) is 83.9 Å². The van der Waals surface area contributed by atoms with E-state index in [1.165, 1.54) is 23.1 Å². The summed E-state index contributed by atoms with van der Waals surface area (Å²) >= 11 is 2.74. The summed E-state index contributed by atoms with van der Waals surface area (Å²) in [5.41, 5.74) is 3.40. The van der Waals surface area contributed by atoms with E-state index in [0.717, 1.165) is 22.6 Å². The molecule has 4 aromatic rings. The summed E-state index contributed by atoms with van der Waals surface area (Å²) < 4.78 is 11.3. The number of methoxy groups -OCH3 is 2. The van der Waals surface area contributed by atoms with Gasteiger partial charge in [0.25, 0.3) is 0 Å². The topological polar surface area (TPSA) is 85.4 Å².